The Hall–Kier alpha value is -1.34. The van der Waals surface area contributed by atoms with Crippen molar-refractivity contribution in [3.8, 4) is 0 Å². The van der Waals surface area contributed by atoms with Crippen LogP contribution in [0.4, 0.5) is 0 Å². The number of primary sulfonamides is 1. The van der Waals surface area contributed by atoms with E-state index in [1.165, 1.54) is 23.3 Å². The SMILES string of the molecule is Cn1cc(S(N)(=O)=O)cc1C(=O)OC1CCCCC1. The second-order valence-electron chi connectivity index (χ2n) is 4.88. The van der Waals surface area contributed by atoms with Gasteiger partial charge in [-0.25, -0.2) is 18.4 Å². The van der Waals surface area contributed by atoms with E-state index in [0.717, 1.165) is 25.7 Å². The minimum absolute atomic E-state index is 0.0610. The predicted octanol–water partition coefficient (Wildman–Crippen LogP) is 1.16. The van der Waals surface area contributed by atoms with E-state index in [1.54, 1.807) is 7.05 Å². The number of carbonyl (C=O) groups excluding carboxylic acids is 1. The normalized spacial score (nSPS) is 17.4. The first-order chi connectivity index (χ1) is 8.88. The molecule has 1 aliphatic rings. The number of aromatic nitrogens is 1. The average molecular weight is 286 g/mol. The van der Waals surface area contributed by atoms with Crippen molar-refractivity contribution in [1.29, 1.82) is 0 Å². The first kappa shape index (κ1) is 14.1. The summed E-state index contributed by atoms with van der Waals surface area (Å²) in [7, 11) is -2.21. The van der Waals surface area contributed by atoms with Gasteiger partial charge in [0.1, 0.15) is 16.7 Å². The molecule has 0 aromatic carbocycles. The number of nitrogens with zero attached hydrogens (tertiary/aromatic N) is 1. The number of ether oxygens (including phenoxy) is 1. The van der Waals surface area contributed by atoms with Crippen LogP contribution in [-0.2, 0) is 21.8 Å². The molecule has 0 radical (unpaired) electrons. The van der Waals surface area contributed by atoms with Gasteiger partial charge in [0.25, 0.3) is 0 Å². The standard InChI is InChI=1S/C12H18N2O4S/c1-14-8-10(19(13,16)17)7-11(14)12(15)18-9-5-3-2-4-6-9/h7-9H,2-6H2,1H3,(H2,13,16,17). The molecule has 0 spiro atoms. The zero-order valence-corrected chi connectivity index (χ0v) is 11.6. The van der Waals surface area contributed by atoms with Gasteiger partial charge in [0.05, 0.1) is 0 Å². The Bertz CT molecular complexity index is 571. The van der Waals surface area contributed by atoms with Gasteiger partial charge in [-0.3, -0.25) is 0 Å². The van der Waals surface area contributed by atoms with Crippen LogP contribution in [0.2, 0.25) is 0 Å². The number of carbonyl (C=O) groups is 1. The van der Waals surface area contributed by atoms with Crippen molar-refractivity contribution in [2.75, 3.05) is 0 Å². The monoisotopic (exact) mass is 286 g/mol. The fraction of sp³-hybridized carbons (Fsp3) is 0.583. The molecule has 0 saturated heterocycles. The van der Waals surface area contributed by atoms with Gasteiger partial charge in [0, 0.05) is 13.2 Å². The maximum atomic E-state index is 12.0. The Labute approximate surface area is 112 Å². The second-order valence-corrected chi connectivity index (χ2v) is 6.44. The van der Waals surface area contributed by atoms with Crippen molar-refractivity contribution in [1.82, 2.24) is 4.57 Å². The van der Waals surface area contributed by atoms with Crippen LogP contribution in [0.5, 0.6) is 0 Å². The van der Waals surface area contributed by atoms with Crippen LogP contribution in [0, 0.1) is 0 Å². The molecular weight excluding hydrogens is 268 g/mol. The van der Waals surface area contributed by atoms with E-state index >= 15 is 0 Å². The van der Waals surface area contributed by atoms with Gasteiger partial charge in [-0.1, -0.05) is 6.42 Å². The molecule has 0 amide bonds. The molecule has 1 aliphatic carbocycles. The van der Waals surface area contributed by atoms with Crippen LogP contribution in [-0.4, -0.2) is 25.1 Å². The number of nitrogens with two attached hydrogens (primary N) is 1. The summed E-state index contributed by atoms with van der Waals surface area (Å²) in [4.78, 5) is 11.9. The number of aryl methyl sites for hydroxylation is 1. The van der Waals surface area contributed by atoms with Crippen LogP contribution < -0.4 is 5.14 Å². The highest BCUT2D eigenvalue weighted by Crippen LogP contribution is 2.22. The molecule has 0 aliphatic heterocycles. The third kappa shape index (κ3) is 3.36. The fourth-order valence-electron chi connectivity index (χ4n) is 2.29. The second kappa shape index (κ2) is 5.34. The zero-order valence-electron chi connectivity index (χ0n) is 10.8. The van der Waals surface area contributed by atoms with E-state index in [1.807, 2.05) is 0 Å². The summed E-state index contributed by atoms with van der Waals surface area (Å²) in [5.74, 6) is -0.496. The highest BCUT2D eigenvalue weighted by Gasteiger charge is 2.22. The van der Waals surface area contributed by atoms with Gasteiger partial charge >= 0.3 is 5.97 Å². The Morgan fingerprint density at radius 1 is 1.37 bits per heavy atom. The lowest BCUT2D eigenvalue weighted by molar-refractivity contribution is 0.0200. The van der Waals surface area contributed by atoms with Gasteiger partial charge in [0.2, 0.25) is 10.0 Å². The van der Waals surface area contributed by atoms with E-state index in [0.29, 0.717) is 0 Å². The van der Waals surface area contributed by atoms with E-state index in [9.17, 15) is 13.2 Å². The molecule has 0 unspecified atom stereocenters. The van der Waals surface area contributed by atoms with Crippen molar-refractivity contribution < 1.29 is 17.9 Å². The molecule has 1 saturated carbocycles. The minimum atomic E-state index is -3.80. The number of sulfonamides is 1. The molecule has 1 fully saturated rings. The molecule has 19 heavy (non-hydrogen) atoms. The third-order valence-electron chi connectivity index (χ3n) is 3.34. The summed E-state index contributed by atoms with van der Waals surface area (Å²) in [5.41, 5.74) is 0.203. The highest BCUT2D eigenvalue weighted by atomic mass is 32.2. The van der Waals surface area contributed by atoms with Crippen LogP contribution in [0.25, 0.3) is 0 Å². The lowest BCUT2D eigenvalue weighted by Crippen LogP contribution is -2.22. The Morgan fingerprint density at radius 2 is 2.00 bits per heavy atom. The molecule has 2 N–H and O–H groups in total. The number of hydrogen-bond donors (Lipinski definition) is 1. The zero-order chi connectivity index (χ0) is 14.0. The highest BCUT2D eigenvalue weighted by molar-refractivity contribution is 7.89. The van der Waals surface area contributed by atoms with Crippen LogP contribution in [0.15, 0.2) is 17.2 Å². The molecule has 1 aromatic heterocycles. The van der Waals surface area contributed by atoms with Crippen molar-refractivity contribution in [3.63, 3.8) is 0 Å². The molecule has 0 bridgehead atoms. The Kier molecular flexibility index (Phi) is 3.96. The summed E-state index contributed by atoms with van der Waals surface area (Å²) in [6.45, 7) is 0. The molecule has 0 atom stereocenters. The fourth-order valence-corrected chi connectivity index (χ4v) is 2.87. The number of esters is 1. The van der Waals surface area contributed by atoms with Gasteiger partial charge in [-0.2, -0.15) is 0 Å². The van der Waals surface area contributed by atoms with Crippen LogP contribution in [0.3, 0.4) is 0 Å². The largest absolute Gasteiger partial charge is 0.458 e. The topological polar surface area (TPSA) is 91.4 Å². The number of rotatable bonds is 3. The summed E-state index contributed by atoms with van der Waals surface area (Å²) >= 11 is 0. The molecule has 1 heterocycles. The van der Waals surface area contributed by atoms with Crippen molar-refractivity contribution in [3.05, 3.63) is 18.0 Å². The molecular formula is C12H18N2O4S. The van der Waals surface area contributed by atoms with E-state index in [4.69, 9.17) is 9.88 Å². The lowest BCUT2D eigenvalue weighted by Gasteiger charge is -2.21. The maximum absolute atomic E-state index is 12.0. The molecule has 7 heteroatoms. The van der Waals surface area contributed by atoms with Gasteiger partial charge in [-0.05, 0) is 31.7 Å². The van der Waals surface area contributed by atoms with Crippen molar-refractivity contribution in [2.24, 2.45) is 12.2 Å². The van der Waals surface area contributed by atoms with E-state index in [-0.39, 0.29) is 16.7 Å². The molecule has 1 aromatic rings. The lowest BCUT2D eigenvalue weighted by atomic mass is 9.98. The van der Waals surface area contributed by atoms with Gasteiger partial charge in [-0.15, -0.1) is 0 Å². The van der Waals surface area contributed by atoms with Crippen molar-refractivity contribution >= 4 is 16.0 Å². The predicted molar refractivity (Wildman–Crippen MR) is 69.1 cm³/mol. The molecule has 2 rings (SSSR count). The average Bonchev–Trinajstić information content (AvgIpc) is 2.72. The Balaban J connectivity index is 2.12. The first-order valence-electron chi connectivity index (χ1n) is 6.28. The summed E-state index contributed by atoms with van der Waals surface area (Å²) in [5, 5.41) is 5.03. The van der Waals surface area contributed by atoms with Crippen LogP contribution >= 0.6 is 0 Å². The summed E-state index contributed by atoms with van der Waals surface area (Å²) < 4.78 is 29.3. The number of hydrogen-bond acceptors (Lipinski definition) is 4. The minimum Gasteiger partial charge on any atom is -0.458 e. The molecule has 106 valence electrons. The maximum Gasteiger partial charge on any atom is 0.355 e. The first-order valence-corrected chi connectivity index (χ1v) is 7.82. The van der Waals surface area contributed by atoms with Crippen molar-refractivity contribution in [2.45, 2.75) is 43.1 Å². The smallest absolute Gasteiger partial charge is 0.355 e. The molecule has 6 nitrogen and oxygen atoms in total. The van der Waals surface area contributed by atoms with Crippen LogP contribution in [0.1, 0.15) is 42.6 Å². The Morgan fingerprint density at radius 3 is 2.53 bits per heavy atom. The summed E-state index contributed by atoms with van der Waals surface area (Å²) in [6.07, 6.45) is 6.30. The van der Waals surface area contributed by atoms with Gasteiger partial charge in [0.15, 0.2) is 0 Å². The summed E-state index contributed by atoms with van der Waals surface area (Å²) in [6, 6.07) is 1.25. The van der Waals surface area contributed by atoms with E-state index in [2.05, 4.69) is 0 Å². The van der Waals surface area contributed by atoms with Gasteiger partial charge < -0.3 is 9.30 Å². The third-order valence-corrected chi connectivity index (χ3v) is 4.22. The quantitative estimate of drug-likeness (QED) is 0.844. The van der Waals surface area contributed by atoms with E-state index < -0.39 is 16.0 Å².